The van der Waals surface area contributed by atoms with Gasteiger partial charge in [0, 0.05) is 16.1 Å². The molecule has 2 heterocycles. The summed E-state index contributed by atoms with van der Waals surface area (Å²) in [6.07, 6.45) is -1.10. The highest BCUT2D eigenvalue weighted by molar-refractivity contribution is 6.37. The maximum Gasteiger partial charge on any atom is 0.241 e. The lowest BCUT2D eigenvalue weighted by molar-refractivity contribution is -0.127. The fraction of sp³-hybridized carbons (Fsp3) is 0.154. The molecule has 3 aromatic rings. The van der Waals surface area contributed by atoms with E-state index in [1.54, 1.807) is 30.3 Å². The molecule has 1 aliphatic carbocycles. The lowest BCUT2D eigenvalue weighted by Gasteiger charge is -2.27. The Kier molecular flexibility index (Phi) is 4.40. The Hall–Kier alpha value is -3.68. The zero-order valence-corrected chi connectivity index (χ0v) is 18.2. The van der Waals surface area contributed by atoms with Crippen molar-refractivity contribution in [3.05, 3.63) is 100 Å². The SMILES string of the molecule is O=C1[C@@H]2[C@@H](c3ccc(F)cc3)OC3(C(=O)c4ccccc4C3=O)[C@@H]2C(=O)N1c1cccc(Cl)c1. The van der Waals surface area contributed by atoms with E-state index < -0.39 is 52.7 Å². The van der Waals surface area contributed by atoms with E-state index in [4.69, 9.17) is 16.3 Å². The molecule has 6 nitrogen and oxygen atoms in total. The minimum atomic E-state index is -2.17. The largest absolute Gasteiger partial charge is 0.349 e. The molecule has 0 radical (unpaired) electrons. The van der Waals surface area contributed by atoms with E-state index in [1.807, 2.05) is 0 Å². The predicted molar refractivity (Wildman–Crippen MR) is 119 cm³/mol. The van der Waals surface area contributed by atoms with Crippen LogP contribution in [0.15, 0.2) is 72.8 Å². The third kappa shape index (κ3) is 2.59. The van der Waals surface area contributed by atoms with E-state index in [-0.39, 0.29) is 16.8 Å². The van der Waals surface area contributed by atoms with E-state index >= 15 is 0 Å². The molecule has 168 valence electrons. The van der Waals surface area contributed by atoms with Crippen LogP contribution in [0.3, 0.4) is 0 Å². The van der Waals surface area contributed by atoms with Gasteiger partial charge in [0.25, 0.3) is 0 Å². The number of halogens is 2. The third-order valence-electron chi connectivity index (χ3n) is 6.78. The van der Waals surface area contributed by atoms with Crippen LogP contribution in [0.4, 0.5) is 10.1 Å². The minimum Gasteiger partial charge on any atom is -0.349 e. The molecule has 2 aliphatic heterocycles. The molecule has 1 spiro atoms. The van der Waals surface area contributed by atoms with Gasteiger partial charge in [0.2, 0.25) is 29.0 Å². The van der Waals surface area contributed by atoms with Crippen molar-refractivity contribution < 1.29 is 28.3 Å². The number of Topliss-reactive ketones (excluding diaryl/α,β-unsaturated/α-hetero) is 2. The van der Waals surface area contributed by atoms with Crippen molar-refractivity contribution in [2.24, 2.45) is 11.8 Å². The Morgan fingerprint density at radius 1 is 0.824 bits per heavy atom. The van der Waals surface area contributed by atoms with E-state index in [9.17, 15) is 23.6 Å². The first-order chi connectivity index (χ1) is 16.3. The molecule has 3 atom stereocenters. The van der Waals surface area contributed by atoms with E-state index in [1.165, 1.54) is 42.5 Å². The topological polar surface area (TPSA) is 80.8 Å². The molecular formula is C26H15ClFNO5. The van der Waals surface area contributed by atoms with Crippen molar-refractivity contribution in [2.75, 3.05) is 4.90 Å². The van der Waals surface area contributed by atoms with Crippen molar-refractivity contribution in [1.29, 1.82) is 0 Å². The zero-order valence-electron chi connectivity index (χ0n) is 17.4. The maximum absolute atomic E-state index is 13.8. The highest BCUT2D eigenvalue weighted by Gasteiger charge is 2.74. The molecule has 0 saturated carbocycles. The first kappa shape index (κ1) is 20.9. The number of nitrogens with zero attached hydrogens (tertiary/aromatic N) is 1. The number of carbonyl (C=O) groups is 4. The Bertz CT molecular complexity index is 1380. The van der Waals surface area contributed by atoms with Gasteiger partial charge in [-0.2, -0.15) is 0 Å². The summed E-state index contributed by atoms with van der Waals surface area (Å²) in [4.78, 5) is 55.7. The summed E-state index contributed by atoms with van der Waals surface area (Å²) in [6.45, 7) is 0. The van der Waals surface area contributed by atoms with Crippen LogP contribution in [0.1, 0.15) is 32.4 Å². The molecular weight excluding hydrogens is 461 g/mol. The number of carbonyl (C=O) groups excluding carboxylic acids is 4. The summed E-state index contributed by atoms with van der Waals surface area (Å²) < 4.78 is 19.8. The first-order valence-corrected chi connectivity index (χ1v) is 11.0. The summed E-state index contributed by atoms with van der Waals surface area (Å²) >= 11 is 6.09. The van der Waals surface area contributed by atoms with Gasteiger partial charge in [-0.25, -0.2) is 9.29 Å². The van der Waals surface area contributed by atoms with Crippen LogP contribution < -0.4 is 4.90 Å². The lowest BCUT2D eigenvalue weighted by Crippen LogP contribution is -2.51. The molecule has 6 rings (SSSR count). The molecule has 0 unspecified atom stereocenters. The number of hydrogen-bond donors (Lipinski definition) is 0. The van der Waals surface area contributed by atoms with Crippen LogP contribution in [-0.2, 0) is 14.3 Å². The smallest absolute Gasteiger partial charge is 0.241 e. The average molecular weight is 476 g/mol. The van der Waals surface area contributed by atoms with Gasteiger partial charge in [0.05, 0.1) is 23.6 Å². The van der Waals surface area contributed by atoms with Crippen LogP contribution in [0, 0.1) is 17.7 Å². The number of amides is 2. The maximum atomic E-state index is 13.8. The number of hydrogen-bond acceptors (Lipinski definition) is 5. The van der Waals surface area contributed by atoms with Crippen LogP contribution in [0.5, 0.6) is 0 Å². The lowest BCUT2D eigenvalue weighted by atomic mass is 9.77. The van der Waals surface area contributed by atoms with Crippen LogP contribution in [0.2, 0.25) is 5.02 Å². The summed E-state index contributed by atoms with van der Waals surface area (Å²) in [6, 6.07) is 17.7. The molecule has 2 fully saturated rings. The molecule has 34 heavy (non-hydrogen) atoms. The van der Waals surface area contributed by atoms with Crippen molar-refractivity contribution in [2.45, 2.75) is 11.7 Å². The number of fused-ring (bicyclic) bond motifs is 3. The average Bonchev–Trinajstić information content (AvgIpc) is 3.40. The summed E-state index contributed by atoms with van der Waals surface area (Å²) in [5, 5.41) is 0.316. The second kappa shape index (κ2) is 7.16. The number of anilines is 1. The normalized spacial score (nSPS) is 24.8. The summed E-state index contributed by atoms with van der Waals surface area (Å²) in [5.41, 5.74) is -1.26. The number of benzene rings is 3. The summed E-state index contributed by atoms with van der Waals surface area (Å²) in [5.74, 6) is -5.65. The molecule has 2 amide bonds. The molecule has 3 aromatic carbocycles. The highest BCUT2D eigenvalue weighted by Crippen LogP contribution is 2.57. The fourth-order valence-corrected chi connectivity index (χ4v) is 5.52. The summed E-state index contributed by atoms with van der Waals surface area (Å²) in [7, 11) is 0. The second-order valence-electron chi connectivity index (χ2n) is 8.52. The van der Waals surface area contributed by atoms with Crippen molar-refractivity contribution >= 4 is 40.7 Å². The first-order valence-electron chi connectivity index (χ1n) is 10.6. The third-order valence-corrected chi connectivity index (χ3v) is 7.02. The Morgan fingerprint density at radius 3 is 2.09 bits per heavy atom. The molecule has 0 aromatic heterocycles. The van der Waals surface area contributed by atoms with Gasteiger partial charge >= 0.3 is 0 Å². The monoisotopic (exact) mass is 475 g/mol. The quantitative estimate of drug-likeness (QED) is 0.410. The van der Waals surface area contributed by atoms with E-state index in [0.29, 0.717) is 10.6 Å². The van der Waals surface area contributed by atoms with Gasteiger partial charge in [-0.15, -0.1) is 0 Å². The van der Waals surface area contributed by atoms with Gasteiger partial charge in [0.1, 0.15) is 5.82 Å². The molecule has 8 heteroatoms. The van der Waals surface area contributed by atoms with Crippen LogP contribution in [0.25, 0.3) is 0 Å². The molecule has 3 aliphatic rings. The standard InChI is InChI=1S/C26H15ClFNO5/c27-14-4-3-5-16(12-14)29-24(32)19-20(25(29)33)26(34-21(19)13-8-10-15(28)11-9-13)22(30)17-6-1-2-7-18(17)23(26)31/h1-12,19-21H/t19-,20-,21+/m0/s1. The molecule has 2 saturated heterocycles. The van der Waals surface area contributed by atoms with Gasteiger partial charge in [-0.1, -0.05) is 54.1 Å². The predicted octanol–water partition coefficient (Wildman–Crippen LogP) is 4.17. The number of ether oxygens (including phenoxy) is 1. The molecule has 0 N–H and O–H groups in total. The van der Waals surface area contributed by atoms with Gasteiger partial charge in [-0.3, -0.25) is 19.2 Å². The van der Waals surface area contributed by atoms with Crippen LogP contribution in [-0.4, -0.2) is 29.0 Å². The Labute approximate surface area is 197 Å². The van der Waals surface area contributed by atoms with Gasteiger partial charge in [0.15, 0.2) is 0 Å². The van der Waals surface area contributed by atoms with E-state index in [2.05, 4.69) is 0 Å². The number of rotatable bonds is 2. The number of imide groups is 1. The minimum absolute atomic E-state index is 0.146. The second-order valence-corrected chi connectivity index (χ2v) is 8.96. The Balaban J connectivity index is 1.55. The van der Waals surface area contributed by atoms with E-state index in [0.717, 1.165) is 4.90 Å². The van der Waals surface area contributed by atoms with Crippen molar-refractivity contribution in [3.8, 4) is 0 Å². The highest BCUT2D eigenvalue weighted by atomic mass is 35.5. The zero-order chi connectivity index (χ0) is 23.8. The van der Waals surface area contributed by atoms with Crippen molar-refractivity contribution in [1.82, 2.24) is 0 Å². The molecule has 0 bridgehead atoms. The Morgan fingerprint density at radius 2 is 1.47 bits per heavy atom. The van der Waals surface area contributed by atoms with Crippen molar-refractivity contribution in [3.63, 3.8) is 0 Å². The van der Waals surface area contributed by atoms with Gasteiger partial charge in [-0.05, 0) is 35.9 Å². The van der Waals surface area contributed by atoms with Crippen LogP contribution >= 0.6 is 11.6 Å². The fourth-order valence-electron chi connectivity index (χ4n) is 5.34. The van der Waals surface area contributed by atoms with Gasteiger partial charge < -0.3 is 4.74 Å². The number of ketones is 2.